The van der Waals surface area contributed by atoms with E-state index in [1.807, 2.05) is 0 Å². The Morgan fingerprint density at radius 1 is 1.33 bits per heavy atom. The summed E-state index contributed by atoms with van der Waals surface area (Å²) in [6.07, 6.45) is 1.93. The highest BCUT2D eigenvalue weighted by molar-refractivity contribution is 7.89. The van der Waals surface area contributed by atoms with E-state index in [-0.39, 0.29) is 12.0 Å². The zero-order valence-corrected chi connectivity index (χ0v) is 14.1. The van der Waals surface area contributed by atoms with Crippen LogP contribution in [0.2, 0.25) is 0 Å². The monoisotopic (exact) mass is 315 g/mol. The summed E-state index contributed by atoms with van der Waals surface area (Å²) < 4.78 is 29.0. The molecule has 0 saturated carbocycles. The van der Waals surface area contributed by atoms with E-state index < -0.39 is 10.0 Å². The van der Waals surface area contributed by atoms with E-state index >= 15 is 0 Å². The summed E-state index contributed by atoms with van der Waals surface area (Å²) in [5.74, 6) is 0. The molecule has 21 heavy (non-hydrogen) atoms. The number of piperidine rings is 1. The molecule has 1 aliphatic heterocycles. The molecular weight excluding hydrogens is 290 g/mol. The first-order valence-electron chi connectivity index (χ1n) is 7.34. The topological polar surface area (TPSA) is 75.4 Å². The summed E-state index contributed by atoms with van der Waals surface area (Å²) in [6, 6.07) is 0. The predicted octanol–water partition coefficient (Wildman–Crippen LogP) is 1.30. The maximum atomic E-state index is 12.9. The number of hydrogen-bond donors (Lipinski definition) is 1. The lowest BCUT2D eigenvalue weighted by molar-refractivity contribution is 0.187. The summed E-state index contributed by atoms with van der Waals surface area (Å²) in [6.45, 7) is 9.02. The average molecular weight is 315 g/mol. The van der Waals surface area contributed by atoms with Crippen LogP contribution in [0.15, 0.2) is 4.90 Å². The fraction of sp³-hybridized carbons (Fsp3) is 0.786. The molecule has 0 unspecified atom stereocenters. The fourth-order valence-electron chi connectivity index (χ4n) is 3.07. The van der Waals surface area contributed by atoms with Gasteiger partial charge < -0.3 is 5.11 Å². The van der Waals surface area contributed by atoms with Crippen LogP contribution in [0.3, 0.4) is 0 Å². The maximum Gasteiger partial charge on any atom is 0.246 e. The molecule has 1 aromatic heterocycles. The predicted molar refractivity (Wildman–Crippen MR) is 80.6 cm³/mol. The molecule has 1 saturated heterocycles. The first-order valence-corrected chi connectivity index (χ1v) is 8.78. The second kappa shape index (κ2) is 5.70. The van der Waals surface area contributed by atoms with Crippen molar-refractivity contribution in [1.82, 2.24) is 14.1 Å². The Labute approximate surface area is 126 Å². The number of hydrogen-bond acceptors (Lipinski definition) is 4. The Hall–Kier alpha value is -0.920. The highest BCUT2D eigenvalue weighted by Gasteiger charge is 2.36. The number of aliphatic hydroxyl groups is 1. The summed E-state index contributed by atoms with van der Waals surface area (Å²) in [4.78, 5) is 0.300. The lowest BCUT2D eigenvalue weighted by Gasteiger charge is -2.37. The van der Waals surface area contributed by atoms with Crippen LogP contribution in [0.25, 0.3) is 0 Å². The van der Waals surface area contributed by atoms with Crippen molar-refractivity contribution >= 4 is 10.0 Å². The summed E-state index contributed by atoms with van der Waals surface area (Å²) in [5.41, 5.74) is 1.11. The first-order chi connectivity index (χ1) is 9.69. The molecule has 1 aromatic rings. The number of aromatic nitrogens is 2. The molecule has 0 bridgehead atoms. The molecule has 0 aromatic carbocycles. The lowest BCUT2D eigenvalue weighted by atomic mass is 9.85. The van der Waals surface area contributed by atoms with Gasteiger partial charge in [-0.1, -0.05) is 13.8 Å². The van der Waals surface area contributed by atoms with Crippen molar-refractivity contribution < 1.29 is 13.5 Å². The molecule has 1 N–H and O–H groups in total. The molecule has 2 rings (SSSR count). The minimum absolute atomic E-state index is 0.00816. The summed E-state index contributed by atoms with van der Waals surface area (Å²) >= 11 is 0. The molecule has 0 atom stereocenters. The third-order valence-electron chi connectivity index (χ3n) is 4.09. The van der Waals surface area contributed by atoms with E-state index in [1.165, 1.54) is 0 Å². The molecular formula is C14H25N3O3S. The third-order valence-corrected chi connectivity index (χ3v) is 6.19. The lowest BCUT2D eigenvalue weighted by Crippen LogP contribution is -2.43. The van der Waals surface area contributed by atoms with E-state index in [0.29, 0.717) is 35.9 Å². The highest BCUT2D eigenvalue weighted by atomic mass is 32.2. The van der Waals surface area contributed by atoms with Crippen molar-refractivity contribution in [3.63, 3.8) is 0 Å². The summed E-state index contributed by atoms with van der Waals surface area (Å²) in [7, 11) is -3.52. The highest BCUT2D eigenvalue weighted by Crippen LogP contribution is 2.33. The molecule has 1 aliphatic rings. The zero-order chi connectivity index (χ0) is 15.8. The molecule has 120 valence electrons. The van der Waals surface area contributed by atoms with Crippen LogP contribution < -0.4 is 0 Å². The Balaban J connectivity index is 2.40. The third kappa shape index (κ3) is 3.14. The van der Waals surface area contributed by atoms with Gasteiger partial charge >= 0.3 is 0 Å². The van der Waals surface area contributed by atoms with Crippen molar-refractivity contribution in [3.8, 4) is 0 Å². The van der Waals surface area contributed by atoms with Crippen molar-refractivity contribution in [3.05, 3.63) is 11.4 Å². The van der Waals surface area contributed by atoms with Gasteiger partial charge in [-0.25, -0.2) is 8.42 Å². The van der Waals surface area contributed by atoms with Crippen LogP contribution in [-0.2, 0) is 16.6 Å². The molecule has 2 heterocycles. The zero-order valence-electron chi connectivity index (χ0n) is 13.3. The molecule has 6 nitrogen and oxygen atoms in total. The normalized spacial score (nSPS) is 19.9. The molecule has 7 heteroatoms. The van der Waals surface area contributed by atoms with Crippen LogP contribution in [0.1, 0.15) is 38.1 Å². The van der Waals surface area contributed by atoms with E-state index in [2.05, 4.69) is 18.9 Å². The Kier molecular flexibility index (Phi) is 4.46. The van der Waals surface area contributed by atoms with E-state index in [1.54, 1.807) is 22.8 Å². The number of sulfonamides is 1. The number of nitrogens with zero attached hydrogens (tertiary/aromatic N) is 3. The number of aliphatic hydroxyl groups excluding tert-OH is 1. The molecule has 0 amide bonds. The standard InChI is InChI=1S/C14H25N3O3S/c1-11-13(12(2)17(15-11)8-9-18)21(19,20)16-7-5-6-14(3,4)10-16/h18H,5-10H2,1-4H3. The van der Waals surface area contributed by atoms with E-state index in [4.69, 9.17) is 5.11 Å². The van der Waals surface area contributed by atoms with Crippen LogP contribution in [0.4, 0.5) is 0 Å². The van der Waals surface area contributed by atoms with Crippen LogP contribution in [0.5, 0.6) is 0 Å². The van der Waals surface area contributed by atoms with Gasteiger partial charge in [-0.2, -0.15) is 9.40 Å². The maximum absolute atomic E-state index is 12.9. The Bertz CT molecular complexity index is 620. The first kappa shape index (κ1) is 16.5. The van der Waals surface area contributed by atoms with Gasteiger partial charge in [0.25, 0.3) is 0 Å². The second-order valence-electron chi connectivity index (χ2n) is 6.55. The van der Waals surface area contributed by atoms with Gasteiger partial charge in [0.1, 0.15) is 4.90 Å². The van der Waals surface area contributed by atoms with Crippen LogP contribution in [-0.4, -0.2) is 47.3 Å². The van der Waals surface area contributed by atoms with Gasteiger partial charge in [-0.3, -0.25) is 4.68 Å². The Morgan fingerprint density at radius 2 is 2.00 bits per heavy atom. The summed E-state index contributed by atoms with van der Waals surface area (Å²) in [5, 5.41) is 13.3. The fourth-order valence-corrected chi connectivity index (χ4v) is 5.11. The minimum atomic E-state index is -3.52. The van der Waals surface area contributed by atoms with Crippen molar-refractivity contribution in [2.75, 3.05) is 19.7 Å². The van der Waals surface area contributed by atoms with Gasteiger partial charge in [0.05, 0.1) is 24.5 Å². The van der Waals surface area contributed by atoms with Gasteiger partial charge in [0.2, 0.25) is 10.0 Å². The molecule has 0 aliphatic carbocycles. The number of rotatable bonds is 4. The van der Waals surface area contributed by atoms with Crippen LogP contribution in [0, 0.1) is 19.3 Å². The quantitative estimate of drug-likeness (QED) is 0.909. The van der Waals surface area contributed by atoms with E-state index in [9.17, 15) is 8.42 Å². The van der Waals surface area contributed by atoms with E-state index in [0.717, 1.165) is 12.8 Å². The SMILES string of the molecule is Cc1nn(CCO)c(C)c1S(=O)(=O)N1CCCC(C)(C)C1. The Morgan fingerprint density at radius 3 is 2.57 bits per heavy atom. The molecule has 0 radical (unpaired) electrons. The average Bonchev–Trinajstić information content (AvgIpc) is 2.64. The van der Waals surface area contributed by atoms with Gasteiger partial charge in [0, 0.05) is 13.1 Å². The van der Waals surface area contributed by atoms with Gasteiger partial charge in [-0.05, 0) is 32.1 Å². The molecule has 1 fully saturated rings. The van der Waals surface area contributed by atoms with Gasteiger partial charge in [0.15, 0.2) is 0 Å². The van der Waals surface area contributed by atoms with Crippen LogP contribution >= 0.6 is 0 Å². The van der Waals surface area contributed by atoms with Crippen molar-refractivity contribution in [1.29, 1.82) is 0 Å². The smallest absolute Gasteiger partial charge is 0.246 e. The number of aryl methyl sites for hydroxylation is 1. The molecule has 0 spiro atoms. The second-order valence-corrected chi connectivity index (χ2v) is 8.43. The largest absolute Gasteiger partial charge is 0.394 e. The van der Waals surface area contributed by atoms with Crippen molar-refractivity contribution in [2.24, 2.45) is 5.41 Å². The minimum Gasteiger partial charge on any atom is -0.394 e. The van der Waals surface area contributed by atoms with Crippen molar-refractivity contribution in [2.45, 2.75) is 52.0 Å². The van der Waals surface area contributed by atoms with Gasteiger partial charge in [-0.15, -0.1) is 0 Å².